The van der Waals surface area contributed by atoms with E-state index in [4.69, 9.17) is 5.73 Å². The highest BCUT2D eigenvalue weighted by atomic mass is 35.5. The number of nitrogens with zero attached hydrogens (tertiary/aromatic N) is 1. The first kappa shape index (κ1) is 26.7. The Bertz CT molecular complexity index is 606. The van der Waals surface area contributed by atoms with Crippen molar-refractivity contribution in [1.29, 1.82) is 0 Å². The Hall–Kier alpha value is -1.34. The van der Waals surface area contributed by atoms with E-state index in [1.807, 2.05) is 26.0 Å². The van der Waals surface area contributed by atoms with E-state index < -0.39 is 6.04 Å². The van der Waals surface area contributed by atoms with Crippen LogP contribution in [0.4, 0.5) is 11.4 Å². The molecule has 1 fully saturated rings. The molecule has 28 heavy (non-hydrogen) atoms. The molecular weight excluding hydrogens is 399 g/mol. The first-order valence-electron chi connectivity index (χ1n) is 9.63. The van der Waals surface area contributed by atoms with Crippen molar-refractivity contribution < 1.29 is 9.59 Å². The summed E-state index contributed by atoms with van der Waals surface area (Å²) in [7, 11) is 0. The molecule has 0 unspecified atom stereocenters. The molecule has 1 saturated heterocycles. The molecular formula is C20H34Cl2N4O2. The summed E-state index contributed by atoms with van der Waals surface area (Å²) in [6.45, 7) is 6.45. The molecule has 1 heterocycles. The lowest BCUT2D eigenvalue weighted by Crippen LogP contribution is -2.36. The fourth-order valence-electron chi connectivity index (χ4n) is 3.22. The number of likely N-dealkylation sites (tertiary alicyclic amines) is 1. The van der Waals surface area contributed by atoms with Crippen LogP contribution in [0.3, 0.4) is 0 Å². The van der Waals surface area contributed by atoms with Crippen molar-refractivity contribution in [2.75, 3.05) is 30.3 Å². The summed E-state index contributed by atoms with van der Waals surface area (Å²) in [6, 6.07) is 6.66. The minimum absolute atomic E-state index is 0. The van der Waals surface area contributed by atoms with E-state index in [0.29, 0.717) is 30.3 Å². The lowest BCUT2D eigenvalue weighted by Gasteiger charge is -2.19. The predicted octanol–water partition coefficient (Wildman–Crippen LogP) is 3.66. The van der Waals surface area contributed by atoms with Gasteiger partial charge in [0.1, 0.15) is 0 Å². The van der Waals surface area contributed by atoms with E-state index >= 15 is 0 Å². The van der Waals surface area contributed by atoms with Crippen LogP contribution in [-0.2, 0) is 9.59 Å². The minimum Gasteiger partial charge on any atom is -0.325 e. The summed E-state index contributed by atoms with van der Waals surface area (Å²) in [6.07, 6.45) is 5.45. The number of carbonyl (C=O) groups excluding carboxylic acids is 2. The van der Waals surface area contributed by atoms with Gasteiger partial charge in [0.15, 0.2) is 0 Å². The van der Waals surface area contributed by atoms with E-state index in [-0.39, 0.29) is 36.6 Å². The van der Waals surface area contributed by atoms with Crippen molar-refractivity contribution in [2.45, 2.75) is 52.0 Å². The SMILES string of the molecule is CC(C)C[C@H](N)C(=O)Nc1cccc(NC(=O)CN2CCCCCC2)c1.Cl.Cl. The van der Waals surface area contributed by atoms with Crippen LogP contribution in [0.2, 0.25) is 0 Å². The predicted molar refractivity (Wildman–Crippen MR) is 121 cm³/mol. The van der Waals surface area contributed by atoms with Crippen LogP contribution in [0.1, 0.15) is 46.0 Å². The lowest BCUT2D eigenvalue weighted by molar-refractivity contribution is -0.118. The van der Waals surface area contributed by atoms with Crippen LogP contribution in [0.5, 0.6) is 0 Å². The van der Waals surface area contributed by atoms with Gasteiger partial charge in [0.2, 0.25) is 11.8 Å². The quantitative estimate of drug-likeness (QED) is 0.613. The number of hydrogen-bond donors (Lipinski definition) is 3. The Labute approximate surface area is 180 Å². The van der Waals surface area contributed by atoms with Crippen molar-refractivity contribution in [3.8, 4) is 0 Å². The zero-order chi connectivity index (χ0) is 18.9. The molecule has 1 aliphatic heterocycles. The van der Waals surface area contributed by atoms with E-state index in [0.717, 1.165) is 25.9 Å². The van der Waals surface area contributed by atoms with Gasteiger partial charge >= 0.3 is 0 Å². The largest absolute Gasteiger partial charge is 0.325 e. The van der Waals surface area contributed by atoms with E-state index in [2.05, 4.69) is 15.5 Å². The summed E-state index contributed by atoms with van der Waals surface area (Å²) < 4.78 is 0. The molecule has 0 bridgehead atoms. The van der Waals surface area contributed by atoms with E-state index in [1.165, 1.54) is 12.8 Å². The fourth-order valence-corrected chi connectivity index (χ4v) is 3.22. The first-order chi connectivity index (χ1) is 12.4. The van der Waals surface area contributed by atoms with Crippen LogP contribution in [0.25, 0.3) is 0 Å². The topological polar surface area (TPSA) is 87.5 Å². The highest BCUT2D eigenvalue weighted by molar-refractivity contribution is 5.96. The minimum atomic E-state index is -0.531. The van der Waals surface area contributed by atoms with Gasteiger partial charge in [0.25, 0.3) is 0 Å². The molecule has 160 valence electrons. The molecule has 8 heteroatoms. The Morgan fingerprint density at radius 1 is 1.04 bits per heavy atom. The van der Waals surface area contributed by atoms with Crippen LogP contribution in [0.15, 0.2) is 24.3 Å². The molecule has 2 rings (SSSR count). The van der Waals surface area contributed by atoms with Crippen molar-refractivity contribution in [3.05, 3.63) is 24.3 Å². The Morgan fingerprint density at radius 3 is 2.18 bits per heavy atom. The highest BCUT2D eigenvalue weighted by Crippen LogP contribution is 2.16. The van der Waals surface area contributed by atoms with Crippen molar-refractivity contribution in [2.24, 2.45) is 11.7 Å². The summed E-state index contributed by atoms with van der Waals surface area (Å²) in [4.78, 5) is 26.6. The van der Waals surface area contributed by atoms with Crippen molar-refractivity contribution in [1.82, 2.24) is 4.90 Å². The van der Waals surface area contributed by atoms with Gasteiger partial charge in [-0.2, -0.15) is 0 Å². The number of hydrogen-bond acceptors (Lipinski definition) is 4. The smallest absolute Gasteiger partial charge is 0.241 e. The number of rotatable bonds is 7. The van der Waals surface area contributed by atoms with Gasteiger partial charge in [-0.15, -0.1) is 24.8 Å². The molecule has 1 aromatic rings. The maximum atomic E-state index is 12.3. The maximum absolute atomic E-state index is 12.3. The summed E-state index contributed by atoms with van der Waals surface area (Å²) in [5.74, 6) is 0.138. The molecule has 1 aromatic carbocycles. The van der Waals surface area contributed by atoms with Crippen molar-refractivity contribution >= 4 is 48.0 Å². The number of nitrogens with one attached hydrogen (secondary N) is 2. The zero-order valence-corrected chi connectivity index (χ0v) is 18.4. The molecule has 1 atom stereocenters. The third-order valence-corrected chi connectivity index (χ3v) is 4.54. The van der Waals surface area contributed by atoms with Crippen LogP contribution in [0, 0.1) is 5.92 Å². The number of halogens is 2. The third kappa shape index (κ3) is 9.73. The molecule has 6 nitrogen and oxygen atoms in total. The molecule has 2 amide bonds. The summed E-state index contributed by atoms with van der Waals surface area (Å²) >= 11 is 0. The first-order valence-corrected chi connectivity index (χ1v) is 9.63. The highest BCUT2D eigenvalue weighted by Gasteiger charge is 2.16. The van der Waals surface area contributed by atoms with Gasteiger partial charge in [-0.25, -0.2) is 0 Å². The number of anilines is 2. The number of carbonyl (C=O) groups is 2. The van der Waals surface area contributed by atoms with Crippen LogP contribution >= 0.6 is 24.8 Å². The number of amides is 2. The molecule has 4 N–H and O–H groups in total. The second kappa shape index (κ2) is 13.8. The third-order valence-electron chi connectivity index (χ3n) is 4.54. The molecule has 0 saturated carbocycles. The monoisotopic (exact) mass is 432 g/mol. The molecule has 0 radical (unpaired) electrons. The number of nitrogens with two attached hydrogens (primary N) is 1. The average molecular weight is 433 g/mol. The van der Waals surface area contributed by atoms with Gasteiger partial charge < -0.3 is 16.4 Å². The Morgan fingerprint density at radius 2 is 1.61 bits per heavy atom. The second-order valence-corrected chi connectivity index (χ2v) is 7.54. The van der Waals surface area contributed by atoms with Gasteiger partial charge in [-0.1, -0.05) is 32.8 Å². The Balaban J connectivity index is 0.00000364. The number of benzene rings is 1. The van der Waals surface area contributed by atoms with Gasteiger partial charge in [0.05, 0.1) is 12.6 Å². The van der Waals surface area contributed by atoms with Crippen LogP contribution in [-0.4, -0.2) is 42.4 Å². The maximum Gasteiger partial charge on any atom is 0.241 e. The zero-order valence-electron chi connectivity index (χ0n) is 16.8. The van der Waals surface area contributed by atoms with Crippen molar-refractivity contribution in [3.63, 3.8) is 0 Å². The molecule has 0 spiro atoms. The summed E-state index contributed by atoms with van der Waals surface area (Å²) in [5.41, 5.74) is 7.24. The molecule has 1 aliphatic rings. The molecule has 0 aliphatic carbocycles. The Kier molecular flexibility index (Phi) is 13.1. The van der Waals surface area contributed by atoms with E-state index in [1.54, 1.807) is 12.1 Å². The fraction of sp³-hybridized carbons (Fsp3) is 0.600. The van der Waals surface area contributed by atoms with E-state index in [9.17, 15) is 9.59 Å². The molecule has 0 aromatic heterocycles. The van der Waals surface area contributed by atoms with Gasteiger partial charge in [-0.3, -0.25) is 14.5 Å². The average Bonchev–Trinajstić information content (AvgIpc) is 2.83. The van der Waals surface area contributed by atoms with Gasteiger partial charge in [-0.05, 0) is 56.5 Å². The normalized spacial score (nSPS) is 15.6. The second-order valence-electron chi connectivity index (χ2n) is 7.54. The van der Waals surface area contributed by atoms with Crippen LogP contribution < -0.4 is 16.4 Å². The standard InChI is InChI=1S/C20H32N4O2.2ClH/c1-15(2)12-18(21)20(26)23-17-9-7-8-16(13-17)22-19(25)14-24-10-5-3-4-6-11-24;;/h7-9,13,15,18H,3-6,10-12,14,21H2,1-2H3,(H,22,25)(H,23,26);2*1H/t18-;;/m0../s1. The summed E-state index contributed by atoms with van der Waals surface area (Å²) in [5, 5.41) is 5.75. The lowest BCUT2D eigenvalue weighted by atomic mass is 10.0. The van der Waals surface area contributed by atoms with Gasteiger partial charge in [0, 0.05) is 11.4 Å².